The number of carbonyl (C=O) groups is 1. The van der Waals surface area contributed by atoms with Gasteiger partial charge in [0.25, 0.3) is 0 Å². The number of hydrogen-bond acceptors (Lipinski definition) is 3. The normalized spacial score (nSPS) is 17.6. The SMILES string of the molecule is C=C/C(=C\C)C1(CCC(=O)c2ccc(/C(C)=C/C=N)cc2)CCOCC1. The second-order valence-corrected chi connectivity index (χ2v) is 6.86. The molecule has 1 aromatic carbocycles. The van der Waals surface area contributed by atoms with E-state index in [1.807, 2.05) is 44.2 Å². The molecule has 1 aliphatic heterocycles. The maximum absolute atomic E-state index is 12.7. The van der Waals surface area contributed by atoms with Crippen LogP contribution in [-0.4, -0.2) is 25.2 Å². The van der Waals surface area contributed by atoms with E-state index >= 15 is 0 Å². The fraction of sp³-hybridized carbons (Fsp3) is 0.391. The van der Waals surface area contributed by atoms with Crippen LogP contribution >= 0.6 is 0 Å². The molecule has 0 aliphatic carbocycles. The summed E-state index contributed by atoms with van der Waals surface area (Å²) in [5.74, 6) is 0.176. The predicted octanol–water partition coefficient (Wildman–Crippen LogP) is 5.63. The molecule has 0 radical (unpaired) electrons. The molecule has 0 bridgehead atoms. The third kappa shape index (κ3) is 4.67. The summed E-state index contributed by atoms with van der Waals surface area (Å²) in [5, 5.41) is 7.15. The van der Waals surface area contributed by atoms with Gasteiger partial charge >= 0.3 is 0 Å². The van der Waals surface area contributed by atoms with Gasteiger partial charge < -0.3 is 10.1 Å². The van der Waals surface area contributed by atoms with Crippen molar-refractivity contribution in [3.8, 4) is 0 Å². The van der Waals surface area contributed by atoms with E-state index in [2.05, 4.69) is 12.7 Å². The Bertz CT molecular complexity index is 704. The van der Waals surface area contributed by atoms with Crippen LogP contribution in [0.4, 0.5) is 0 Å². The lowest BCUT2D eigenvalue weighted by Crippen LogP contribution is -2.31. The van der Waals surface area contributed by atoms with Crippen molar-refractivity contribution in [2.75, 3.05) is 13.2 Å². The van der Waals surface area contributed by atoms with Crippen molar-refractivity contribution in [1.29, 1.82) is 5.41 Å². The van der Waals surface area contributed by atoms with Crippen LogP contribution in [-0.2, 0) is 4.74 Å². The van der Waals surface area contributed by atoms with E-state index in [0.29, 0.717) is 6.42 Å². The minimum absolute atomic E-state index is 0.00758. The minimum Gasteiger partial charge on any atom is -0.381 e. The molecule has 1 fully saturated rings. The Balaban J connectivity index is 2.09. The minimum atomic E-state index is 0.00758. The average molecular weight is 351 g/mol. The van der Waals surface area contributed by atoms with Gasteiger partial charge in [-0.1, -0.05) is 43.0 Å². The number of rotatable bonds is 8. The fourth-order valence-corrected chi connectivity index (χ4v) is 3.72. The first kappa shape index (κ1) is 20.1. The van der Waals surface area contributed by atoms with Crippen LogP contribution in [0, 0.1) is 10.8 Å². The standard InChI is InChI=1S/C23H29NO2/c1-4-21(5-2)23(13-16-26-17-14-23)12-10-22(25)20-8-6-19(7-9-20)18(3)11-15-24/h4-9,11,15,24H,1,10,12-14,16-17H2,2-3H3/b18-11+,21-5+,24-15?. The van der Waals surface area contributed by atoms with Crippen molar-refractivity contribution in [1.82, 2.24) is 0 Å². The van der Waals surface area contributed by atoms with Crippen LogP contribution in [0.25, 0.3) is 5.57 Å². The van der Waals surface area contributed by atoms with Crippen molar-refractivity contribution >= 4 is 17.6 Å². The molecular formula is C23H29NO2. The summed E-state index contributed by atoms with van der Waals surface area (Å²) in [5.41, 5.74) is 4.04. The Morgan fingerprint density at radius 1 is 1.23 bits per heavy atom. The second kappa shape index (κ2) is 9.44. The number of benzene rings is 1. The van der Waals surface area contributed by atoms with Gasteiger partial charge in [-0.3, -0.25) is 4.79 Å². The van der Waals surface area contributed by atoms with Crippen molar-refractivity contribution in [2.24, 2.45) is 5.41 Å². The zero-order valence-electron chi connectivity index (χ0n) is 15.9. The molecule has 3 nitrogen and oxygen atoms in total. The van der Waals surface area contributed by atoms with Gasteiger partial charge in [0.15, 0.2) is 5.78 Å². The Morgan fingerprint density at radius 2 is 1.85 bits per heavy atom. The van der Waals surface area contributed by atoms with Crippen LogP contribution in [0.1, 0.15) is 55.5 Å². The summed E-state index contributed by atoms with van der Waals surface area (Å²) in [4.78, 5) is 12.7. The first-order valence-electron chi connectivity index (χ1n) is 9.24. The zero-order chi connectivity index (χ0) is 19.0. The van der Waals surface area contributed by atoms with Gasteiger partial charge in [-0.25, -0.2) is 0 Å². The molecule has 1 aliphatic rings. The molecule has 1 N–H and O–H groups in total. The van der Waals surface area contributed by atoms with E-state index in [0.717, 1.165) is 49.2 Å². The summed E-state index contributed by atoms with van der Waals surface area (Å²) in [6.07, 6.45) is 10.3. The van der Waals surface area contributed by atoms with Crippen LogP contribution in [0.2, 0.25) is 0 Å². The first-order valence-corrected chi connectivity index (χ1v) is 9.24. The molecular weight excluding hydrogens is 322 g/mol. The monoisotopic (exact) mass is 351 g/mol. The Morgan fingerprint density at radius 3 is 2.38 bits per heavy atom. The Kier molecular flexibility index (Phi) is 7.28. The van der Waals surface area contributed by atoms with E-state index in [1.165, 1.54) is 11.8 Å². The molecule has 2 rings (SSSR count). The van der Waals surface area contributed by atoms with Gasteiger partial charge in [0.1, 0.15) is 0 Å². The highest BCUT2D eigenvalue weighted by molar-refractivity contribution is 5.96. The van der Waals surface area contributed by atoms with Gasteiger partial charge in [0.2, 0.25) is 0 Å². The number of allylic oxidation sites excluding steroid dienone is 5. The molecule has 0 spiro atoms. The van der Waals surface area contributed by atoms with Gasteiger partial charge in [0, 0.05) is 31.4 Å². The van der Waals surface area contributed by atoms with Crippen LogP contribution < -0.4 is 0 Å². The van der Waals surface area contributed by atoms with Crippen LogP contribution in [0.15, 0.2) is 54.6 Å². The maximum Gasteiger partial charge on any atom is 0.162 e. The number of hydrogen-bond donors (Lipinski definition) is 1. The van der Waals surface area contributed by atoms with E-state index in [1.54, 1.807) is 6.08 Å². The van der Waals surface area contributed by atoms with Crippen molar-refractivity contribution in [3.05, 3.63) is 65.8 Å². The van der Waals surface area contributed by atoms with Gasteiger partial charge in [-0.15, -0.1) is 0 Å². The molecule has 26 heavy (non-hydrogen) atoms. The van der Waals surface area contributed by atoms with Crippen LogP contribution in [0.5, 0.6) is 0 Å². The Hall–Kier alpha value is -2.26. The lowest BCUT2D eigenvalue weighted by atomic mass is 9.70. The summed E-state index contributed by atoms with van der Waals surface area (Å²) in [6, 6.07) is 7.68. The third-order valence-corrected chi connectivity index (χ3v) is 5.42. The molecule has 0 saturated carbocycles. The number of nitrogens with one attached hydrogen (secondary N) is 1. The smallest absolute Gasteiger partial charge is 0.162 e. The van der Waals surface area contributed by atoms with E-state index < -0.39 is 0 Å². The second-order valence-electron chi connectivity index (χ2n) is 6.86. The highest BCUT2D eigenvalue weighted by Crippen LogP contribution is 2.43. The lowest BCUT2D eigenvalue weighted by Gasteiger charge is -2.38. The quantitative estimate of drug-likeness (QED) is 0.375. The largest absolute Gasteiger partial charge is 0.381 e. The van der Waals surface area contributed by atoms with E-state index in [9.17, 15) is 4.79 Å². The molecule has 0 atom stereocenters. The van der Waals surface area contributed by atoms with Crippen molar-refractivity contribution < 1.29 is 9.53 Å². The van der Waals surface area contributed by atoms with Crippen LogP contribution in [0.3, 0.4) is 0 Å². The molecule has 138 valence electrons. The molecule has 1 saturated heterocycles. The molecule has 0 amide bonds. The first-order chi connectivity index (χ1) is 12.6. The molecule has 1 heterocycles. The predicted molar refractivity (Wildman–Crippen MR) is 109 cm³/mol. The van der Waals surface area contributed by atoms with Gasteiger partial charge in [-0.05, 0) is 61.3 Å². The number of ether oxygens (including phenoxy) is 1. The maximum atomic E-state index is 12.7. The molecule has 3 heteroatoms. The third-order valence-electron chi connectivity index (χ3n) is 5.42. The number of carbonyl (C=O) groups excluding carboxylic acids is 1. The van der Waals surface area contributed by atoms with Crippen molar-refractivity contribution in [3.63, 3.8) is 0 Å². The van der Waals surface area contributed by atoms with Crippen molar-refractivity contribution in [2.45, 2.75) is 39.5 Å². The average Bonchev–Trinajstić information content (AvgIpc) is 2.68. The fourth-order valence-electron chi connectivity index (χ4n) is 3.72. The summed E-state index contributed by atoms with van der Waals surface area (Å²) in [7, 11) is 0. The number of Topliss-reactive ketones (excluding diaryl/α,β-unsaturated/α-hetero) is 1. The summed E-state index contributed by atoms with van der Waals surface area (Å²) >= 11 is 0. The van der Waals surface area contributed by atoms with E-state index in [4.69, 9.17) is 10.1 Å². The zero-order valence-corrected chi connectivity index (χ0v) is 15.9. The molecule has 1 aromatic rings. The topological polar surface area (TPSA) is 50.2 Å². The van der Waals surface area contributed by atoms with Gasteiger partial charge in [-0.2, -0.15) is 0 Å². The Labute approximate surface area is 157 Å². The van der Waals surface area contributed by atoms with Gasteiger partial charge in [0.05, 0.1) is 0 Å². The molecule has 0 unspecified atom stereocenters. The highest BCUT2D eigenvalue weighted by atomic mass is 16.5. The summed E-state index contributed by atoms with van der Waals surface area (Å²) < 4.78 is 5.54. The number of ketones is 1. The summed E-state index contributed by atoms with van der Waals surface area (Å²) in [6.45, 7) is 9.45. The highest BCUT2D eigenvalue weighted by Gasteiger charge is 2.35. The lowest BCUT2D eigenvalue weighted by molar-refractivity contribution is 0.0287. The van der Waals surface area contributed by atoms with E-state index in [-0.39, 0.29) is 11.2 Å². The molecule has 0 aromatic heterocycles.